The minimum Gasteiger partial charge on any atom is -0.272 e. The van der Waals surface area contributed by atoms with E-state index in [9.17, 15) is 0 Å². The molecule has 0 bridgehead atoms. The van der Waals surface area contributed by atoms with Crippen molar-refractivity contribution < 1.29 is 0 Å². The summed E-state index contributed by atoms with van der Waals surface area (Å²) in [6, 6.07) is 1.88. The average molecular weight is 174 g/mol. The Bertz CT molecular complexity index is 405. The number of aryl methyl sites for hydroxylation is 1. The van der Waals surface area contributed by atoms with Crippen LogP contribution in [0, 0.1) is 6.92 Å². The molecule has 0 saturated heterocycles. The summed E-state index contributed by atoms with van der Waals surface area (Å²) in [7, 11) is 1.92. The van der Waals surface area contributed by atoms with Gasteiger partial charge in [0.25, 0.3) is 0 Å². The zero-order valence-electron chi connectivity index (χ0n) is 7.60. The zero-order valence-corrected chi connectivity index (χ0v) is 7.60. The lowest BCUT2D eigenvalue weighted by atomic mass is 10.2. The van der Waals surface area contributed by atoms with Crippen molar-refractivity contribution in [2.75, 3.05) is 0 Å². The zero-order chi connectivity index (χ0) is 9.26. The van der Waals surface area contributed by atoms with E-state index in [4.69, 9.17) is 0 Å². The lowest BCUT2D eigenvalue weighted by Crippen LogP contribution is -1.93. The first-order valence-electron chi connectivity index (χ1n) is 4.04. The van der Waals surface area contributed by atoms with Crippen LogP contribution in [0.1, 0.15) is 5.69 Å². The molecule has 66 valence electrons. The fraction of sp³-hybridized carbons (Fsp3) is 0.222. The van der Waals surface area contributed by atoms with Crippen molar-refractivity contribution in [2.45, 2.75) is 6.92 Å². The summed E-state index contributed by atoms with van der Waals surface area (Å²) in [6.45, 7) is 2.02. The van der Waals surface area contributed by atoms with E-state index in [-0.39, 0.29) is 0 Å². The molecule has 0 fully saturated rings. The Kier molecular flexibility index (Phi) is 1.81. The van der Waals surface area contributed by atoms with Crippen LogP contribution in [-0.4, -0.2) is 19.7 Å². The van der Waals surface area contributed by atoms with Crippen LogP contribution >= 0.6 is 0 Å². The molecular formula is C9H10N4. The second kappa shape index (κ2) is 2.97. The molecule has 0 spiro atoms. The Hall–Kier alpha value is -1.71. The topological polar surface area (TPSA) is 43.6 Å². The van der Waals surface area contributed by atoms with E-state index in [2.05, 4.69) is 15.1 Å². The van der Waals surface area contributed by atoms with Crippen molar-refractivity contribution in [1.29, 1.82) is 0 Å². The van der Waals surface area contributed by atoms with Crippen LogP contribution in [-0.2, 0) is 7.05 Å². The van der Waals surface area contributed by atoms with Gasteiger partial charge < -0.3 is 0 Å². The maximum Gasteiger partial charge on any atom is 0.116 e. The Morgan fingerprint density at radius 1 is 1.38 bits per heavy atom. The van der Waals surface area contributed by atoms with E-state index < -0.39 is 0 Å². The SMILES string of the molecule is Cc1c(-c2ccncn2)cnn1C. The summed E-state index contributed by atoms with van der Waals surface area (Å²) >= 11 is 0. The van der Waals surface area contributed by atoms with Crippen molar-refractivity contribution in [1.82, 2.24) is 19.7 Å². The number of rotatable bonds is 1. The van der Waals surface area contributed by atoms with Crippen molar-refractivity contribution in [3.63, 3.8) is 0 Å². The largest absolute Gasteiger partial charge is 0.272 e. The highest BCUT2D eigenvalue weighted by atomic mass is 15.3. The molecule has 2 rings (SSSR count). The van der Waals surface area contributed by atoms with Gasteiger partial charge in [0.2, 0.25) is 0 Å². The van der Waals surface area contributed by atoms with Crippen molar-refractivity contribution in [3.05, 3.63) is 30.5 Å². The summed E-state index contributed by atoms with van der Waals surface area (Å²) < 4.78 is 1.83. The van der Waals surface area contributed by atoms with Crippen molar-refractivity contribution >= 4 is 0 Å². The van der Waals surface area contributed by atoms with Gasteiger partial charge in [0.05, 0.1) is 11.9 Å². The Balaban J connectivity index is 2.53. The summed E-state index contributed by atoms with van der Waals surface area (Å²) in [5, 5.41) is 4.15. The molecule has 0 aliphatic rings. The van der Waals surface area contributed by atoms with Crippen LogP contribution in [0.25, 0.3) is 11.3 Å². The lowest BCUT2D eigenvalue weighted by molar-refractivity contribution is 0.740. The Morgan fingerprint density at radius 3 is 2.77 bits per heavy atom. The maximum absolute atomic E-state index is 4.16. The van der Waals surface area contributed by atoms with E-state index in [0.29, 0.717) is 0 Å². The molecule has 0 aromatic carbocycles. The third kappa shape index (κ3) is 1.30. The van der Waals surface area contributed by atoms with Gasteiger partial charge in [-0.2, -0.15) is 5.10 Å². The van der Waals surface area contributed by atoms with Gasteiger partial charge >= 0.3 is 0 Å². The highest BCUT2D eigenvalue weighted by molar-refractivity contribution is 5.60. The van der Waals surface area contributed by atoms with E-state index >= 15 is 0 Å². The normalized spacial score (nSPS) is 10.3. The van der Waals surface area contributed by atoms with Crippen LogP contribution in [0.2, 0.25) is 0 Å². The predicted molar refractivity (Wildman–Crippen MR) is 49.0 cm³/mol. The molecule has 0 aliphatic heterocycles. The highest BCUT2D eigenvalue weighted by Gasteiger charge is 2.06. The van der Waals surface area contributed by atoms with Crippen LogP contribution in [0.4, 0.5) is 0 Å². The standard InChI is InChI=1S/C9H10N4/c1-7-8(5-12-13(7)2)9-3-4-10-6-11-9/h3-6H,1-2H3. The first kappa shape index (κ1) is 7.91. The minimum atomic E-state index is 0.917. The van der Waals surface area contributed by atoms with Crippen LogP contribution in [0.15, 0.2) is 24.8 Å². The van der Waals surface area contributed by atoms with E-state index in [0.717, 1.165) is 17.0 Å². The van der Waals surface area contributed by atoms with E-state index in [1.807, 2.05) is 30.9 Å². The third-order valence-electron chi connectivity index (χ3n) is 2.09. The van der Waals surface area contributed by atoms with Crippen molar-refractivity contribution in [2.24, 2.45) is 7.05 Å². The molecule has 4 nitrogen and oxygen atoms in total. The smallest absolute Gasteiger partial charge is 0.116 e. The molecule has 2 aromatic heterocycles. The van der Waals surface area contributed by atoms with Gasteiger partial charge in [0.1, 0.15) is 6.33 Å². The summed E-state index contributed by atoms with van der Waals surface area (Å²) in [5.74, 6) is 0. The molecule has 4 heteroatoms. The number of aromatic nitrogens is 4. The van der Waals surface area contributed by atoms with Gasteiger partial charge in [-0.1, -0.05) is 0 Å². The molecular weight excluding hydrogens is 164 g/mol. The van der Waals surface area contributed by atoms with Gasteiger partial charge in [-0.3, -0.25) is 4.68 Å². The summed E-state index contributed by atoms with van der Waals surface area (Å²) in [6.07, 6.45) is 5.09. The third-order valence-corrected chi connectivity index (χ3v) is 2.09. The van der Waals surface area contributed by atoms with Gasteiger partial charge in [-0.15, -0.1) is 0 Å². The summed E-state index contributed by atoms with van der Waals surface area (Å²) in [5.41, 5.74) is 3.09. The molecule has 0 aliphatic carbocycles. The predicted octanol–water partition coefficient (Wildman–Crippen LogP) is 1.19. The van der Waals surface area contributed by atoms with Crippen molar-refractivity contribution in [3.8, 4) is 11.3 Å². The lowest BCUT2D eigenvalue weighted by Gasteiger charge is -1.98. The fourth-order valence-electron chi connectivity index (χ4n) is 1.20. The average Bonchev–Trinajstić information content (AvgIpc) is 2.49. The van der Waals surface area contributed by atoms with Gasteiger partial charge in [-0.05, 0) is 13.0 Å². The van der Waals surface area contributed by atoms with E-state index in [1.54, 1.807) is 12.5 Å². The van der Waals surface area contributed by atoms with Crippen LogP contribution in [0.5, 0.6) is 0 Å². The molecule has 0 unspecified atom stereocenters. The second-order valence-corrected chi connectivity index (χ2v) is 2.86. The van der Waals surface area contributed by atoms with Gasteiger partial charge in [0, 0.05) is 24.5 Å². The quantitative estimate of drug-likeness (QED) is 0.652. The number of nitrogens with zero attached hydrogens (tertiary/aromatic N) is 4. The first-order valence-corrected chi connectivity index (χ1v) is 4.04. The highest BCUT2D eigenvalue weighted by Crippen LogP contribution is 2.18. The van der Waals surface area contributed by atoms with Crippen LogP contribution in [0.3, 0.4) is 0 Å². The number of hydrogen-bond donors (Lipinski definition) is 0. The van der Waals surface area contributed by atoms with E-state index in [1.165, 1.54) is 0 Å². The monoisotopic (exact) mass is 174 g/mol. The van der Waals surface area contributed by atoms with Gasteiger partial charge in [-0.25, -0.2) is 9.97 Å². The molecule has 0 saturated carbocycles. The maximum atomic E-state index is 4.16. The second-order valence-electron chi connectivity index (χ2n) is 2.86. The molecule has 0 atom stereocenters. The fourth-order valence-corrected chi connectivity index (χ4v) is 1.20. The molecule has 13 heavy (non-hydrogen) atoms. The molecule has 0 radical (unpaired) electrons. The van der Waals surface area contributed by atoms with Crippen LogP contribution < -0.4 is 0 Å². The number of hydrogen-bond acceptors (Lipinski definition) is 3. The Labute approximate surface area is 76.3 Å². The molecule has 2 aromatic rings. The minimum absolute atomic E-state index is 0.917. The Morgan fingerprint density at radius 2 is 2.23 bits per heavy atom. The first-order chi connectivity index (χ1) is 6.29. The van der Waals surface area contributed by atoms with Gasteiger partial charge in [0.15, 0.2) is 0 Å². The molecule has 2 heterocycles. The molecule has 0 amide bonds. The summed E-state index contributed by atoms with van der Waals surface area (Å²) in [4.78, 5) is 8.03. The molecule has 0 N–H and O–H groups in total.